The number of para-hydroxylation sites is 1. The molecule has 0 aliphatic carbocycles. The zero-order chi connectivity index (χ0) is 14.0. The van der Waals surface area contributed by atoms with E-state index < -0.39 is 0 Å². The number of ether oxygens (including phenoxy) is 1. The van der Waals surface area contributed by atoms with Crippen molar-refractivity contribution in [2.75, 3.05) is 40.3 Å². The molecular weight excluding hydrogens is 248 g/mol. The number of nitrogens with zero attached hydrogens (tertiary/aromatic N) is 2. The largest absolute Gasteiger partial charge is 0.496 e. The van der Waals surface area contributed by atoms with Crippen molar-refractivity contribution in [3.63, 3.8) is 0 Å². The van der Waals surface area contributed by atoms with Crippen LogP contribution in [0.3, 0.4) is 0 Å². The van der Waals surface area contributed by atoms with Gasteiger partial charge in [-0.15, -0.1) is 0 Å². The first-order valence-electron chi connectivity index (χ1n) is 7.74. The molecule has 1 aromatic carbocycles. The Labute approximate surface area is 122 Å². The highest BCUT2D eigenvalue weighted by molar-refractivity contribution is 5.33. The molecule has 0 bridgehead atoms. The molecule has 2 fully saturated rings. The van der Waals surface area contributed by atoms with Crippen molar-refractivity contribution in [1.82, 2.24) is 9.80 Å². The third-order valence-electron chi connectivity index (χ3n) is 4.96. The van der Waals surface area contributed by atoms with Crippen molar-refractivity contribution in [3.8, 4) is 5.75 Å². The maximum absolute atomic E-state index is 5.47. The van der Waals surface area contributed by atoms with Crippen molar-refractivity contribution in [2.24, 2.45) is 5.41 Å². The van der Waals surface area contributed by atoms with Gasteiger partial charge in [-0.25, -0.2) is 0 Å². The molecule has 2 heterocycles. The average molecular weight is 274 g/mol. The number of benzene rings is 1. The minimum atomic E-state index is 0.551. The number of hydrogen-bond acceptors (Lipinski definition) is 3. The lowest BCUT2D eigenvalue weighted by Gasteiger charge is -2.38. The first-order valence-corrected chi connectivity index (χ1v) is 7.74. The summed E-state index contributed by atoms with van der Waals surface area (Å²) >= 11 is 0. The number of rotatable bonds is 3. The van der Waals surface area contributed by atoms with Crippen LogP contribution in [0.4, 0.5) is 0 Å². The van der Waals surface area contributed by atoms with Crippen LogP contribution >= 0.6 is 0 Å². The van der Waals surface area contributed by atoms with E-state index in [-0.39, 0.29) is 0 Å². The van der Waals surface area contributed by atoms with Gasteiger partial charge in [0.05, 0.1) is 7.11 Å². The van der Waals surface area contributed by atoms with Crippen LogP contribution in [0.25, 0.3) is 0 Å². The second-order valence-electron chi connectivity index (χ2n) is 6.61. The standard InChI is InChI=1S/C17H26N2O/c1-18-10-5-8-17(13-18)9-11-19(14-17)12-15-6-3-4-7-16(15)20-2/h3-4,6-7H,5,8-14H2,1-2H3/t17-/m0/s1. The topological polar surface area (TPSA) is 15.7 Å². The number of methoxy groups -OCH3 is 1. The molecule has 0 N–H and O–H groups in total. The van der Waals surface area contributed by atoms with E-state index in [4.69, 9.17) is 4.74 Å². The summed E-state index contributed by atoms with van der Waals surface area (Å²) in [6.45, 7) is 6.04. The molecule has 1 atom stereocenters. The highest BCUT2D eigenvalue weighted by atomic mass is 16.5. The van der Waals surface area contributed by atoms with E-state index in [1.165, 1.54) is 51.0 Å². The van der Waals surface area contributed by atoms with Crippen LogP contribution in [-0.2, 0) is 6.54 Å². The molecule has 1 aromatic rings. The van der Waals surface area contributed by atoms with Gasteiger partial charge in [-0.3, -0.25) is 4.90 Å². The van der Waals surface area contributed by atoms with Gasteiger partial charge in [0.15, 0.2) is 0 Å². The lowest BCUT2D eigenvalue weighted by Crippen LogP contribution is -2.42. The van der Waals surface area contributed by atoms with Crippen LogP contribution in [0.2, 0.25) is 0 Å². The number of likely N-dealkylation sites (tertiary alicyclic amines) is 2. The van der Waals surface area contributed by atoms with E-state index in [2.05, 4.69) is 35.0 Å². The highest BCUT2D eigenvalue weighted by Gasteiger charge is 2.40. The van der Waals surface area contributed by atoms with Crippen LogP contribution in [-0.4, -0.2) is 50.1 Å². The third-order valence-corrected chi connectivity index (χ3v) is 4.96. The molecule has 110 valence electrons. The first kappa shape index (κ1) is 13.9. The van der Waals surface area contributed by atoms with Crippen molar-refractivity contribution < 1.29 is 4.74 Å². The van der Waals surface area contributed by atoms with Crippen LogP contribution < -0.4 is 4.74 Å². The summed E-state index contributed by atoms with van der Waals surface area (Å²) < 4.78 is 5.47. The SMILES string of the molecule is COc1ccccc1CN1CC[C@]2(CCCN(C)C2)C1. The fourth-order valence-electron chi connectivity index (χ4n) is 4.02. The van der Waals surface area contributed by atoms with Gasteiger partial charge >= 0.3 is 0 Å². The zero-order valence-electron chi connectivity index (χ0n) is 12.8. The van der Waals surface area contributed by atoms with Gasteiger partial charge in [0.25, 0.3) is 0 Å². The summed E-state index contributed by atoms with van der Waals surface area (Å²) in [5.41, 5.74) is 1.87. The van der Waals surface area contributed by atoms with E-state index in [1.54, 1.807) is 7.11 Å². The summed E-state index contributed by atoms with van der Waals surface area (Å²) in [5.74, 6) is 1.02. The quantitative estimate of drug-likeness (QED) is 0.842. The molecular formula is C17H26N2O. The molecule has 0 unspecified atom stereocenters. The second kappa shape index (κ2) is 5.74. The predicted molar refractivity (Wildman–Crippen MR) is 82.1 cm³/mol. The maximum atomic E-state index is 5.47. The molecule has 3 rings (SSSR count). The predicted octanol–water partition coefficient (Wildman–Crippen LogP) is 2.61. The highest BCUT2D eigenvalue weighted by Crippen LogP contribution is 2.39. The maximum Gasteiger partial charge on any atom is 0.123 e. The Bertz CT molecular complexity index is 462. The van der Waals surface area contributed by atoms with E-state index in [0.717, 1.165) is 12.3 Å². The van der Waals surface area contributed by atoms with Gasteiger partial charge in [-0.1, -0.05) is 18.2 Å². The van der Waals surface area contributed by atoms with Gasteiger partial charge in [-0.05, 0) is 50.9 Å². The molecule has 2 aliphatic heterocycles. The normalized spacial score (nSPS) is 28.1. The van der Waals surface area contributed by atoms with Crippen molar-refractivity contribution in [3.05, 3.63) is 29.8 Å². The van der Waals surface area contributed by atoms with Gasteiger partial charge in [-0.2, -0.15) is 0 Å². The molecule has 0 amide bonds. The van der Waals surface area contributed by atoms with Crippen molar-refractivity contribution in [1.29, 1.82) is 0 Å². The Kier molecular flexibility index (Phi) is 3.99. The van der Waals surface area contributed by atoms with Gasteiger partial charge in [0, 0.05) is 25.2 Å². The van der Waals surface area contributed by atoms with Crippen molar-refractivity contribution in [2.45, 2.75) is 25.8 Å². The molecule has 1 spiro atoms. The summed E-state index contributed by atoms with van der Waals surface area (Å²) in [7, 11) is 4.03. The fraction of sp³-hybridized carbons (Fsp3) is 0.647. The summed E-state index contributed by atoms with van der Waals surface area (Å²) in [6, 6.07) is 8.41. The van der Waals surface area contributed by atoms with E-state index >= 15 is 0 Å². The first-order chi connectivity index (χ1) is 9.71. The Balaban J connectivity index is 1.65. The smallest absolute Gasteiger partial charge is 0.123 e. The van der Waals surface area contributed by atoms with Gasteiger partial charge < -0.3 is 9.64 Å². The Morgan fingerprint density at radius 2 is 2.00 bits per heavy atom. The molecule has 2 saturated heterocycles. The molecule has 0 saturated carbocycles. The Morgan fingerprint density at radius 3 is 2.80 bits per heavy atom. The molecule has 20 heavy (non-hydrogen) atoms. The summed E-state index contributed by atoms with van der Waals surface area (Å²) in [4.78, 5) is 5.12. The second-order valence-corrected chi connectivity index (χ2v) is 6.61. The lowest BCUT2D eigenvalue weighted by atomic mass is 9.79. The lowest BCUT2D eigenvalue weighted by molar-refractivity contribution is 0.112. The third kappa shape index (κ3) is 2.84. The molecule has 3 heteroatoms. The summed E-state index contributed by atoms with van der Waals surface area (Å²) in [6.07, 6.45) is 4.12. The van der Waals surface area contributed by atoms with E-state index in [9.17, 15) is 0 Å². The van der Waals surface area contributed by atoms with Gasteiger partial charge in [0.2, 0.25) is 0 Å². The monoisotopic (exact) mass is 274 g/mol. The Morgan fingerprint density at radius 1 is 1.15 bits per heavy atom. The van der Waals surface area contributed by atoms with E-state index in [1.807, 2.05) is 6.07 Å². The number of hydrogen-bond donors (Lipinski definition) is 0. The molecule has 3 nitrogen and oxygen atoms in total. The van der Waals surface area contributed by atoms with Crippen LogP contribution in [0.5, 0.6) is 5.75 Å². The average Bonchev–Trinajstić information content (AvgIpc) is 2.81. The fourth-order valence-corrected chi connectivity index (χ4v) is 4.02. The van der Waals surface area contributed by atoms with Crippen LogP contribution in [0.1, 0.15) is 24.8 Å². The number of piperidine rings is 1. The van der Waals surface area contributed by atoms with Crippen molar-refractivity contribution >= 4 is 0 Å². The van der Waals surface area contributed by atoms with Gasteiger partial charge in [0.1, 0.15) is 5.75 Å². The van der Waals surface area contributed by atoms with Crippen LogP contribution in [0, 0.1) is 5.41 Å². The molecule has 2 aliphatic rings. The molecule has 0 aromatic heterocycles. The zero-order valence-corrected chi connectivity index (χ0v) is 12.8. The Hall–Kier alpha value is -1.06. The summed E-state index contributed by atoms with van der Waals surface area (Å²) in [5, 5.41) is 0. The minimum absolute atomic E-state index is 0.551. The van der Waals surface area contributed by atoms with Crippen LogP contribution in [0.15, 0.2) is 24.3 Å². The van der Waals surface area contributed by atoms with E-state index in [0.29, 0.717) is 5.41 Å². The molecule has 0 radical (unpaired) electrons. The minimum Gasteiger partial charge on any atom is -0.496 e.